The third kappa shape index (κ3) is 7.08. The smallest absolute Gasteiger partial charge is 0.264 e. The van der Waals surface area contributed by atoms with Gasteiger partial charge in [-0.1, -0.05) is 61.0 Å². The summed E-state index contributed by atoms with van der Waals surface area (Å²) in [6.45, 7) is 3.21. The van der Waals surface area contributed by atoms with Crippen molar-refractivity contribution in [2.24, 2.45) is 0 Å². The molecule has 3 rings (SSSR count). The van der Waals surface area contributed by atoms with Crippen molar-refractivity contribution in [3.05, 3.63) is 95.3 Å². The Morgan fingerprint density at radius 1 is 0.973 bits per heavy atom. The second-order valence-electron chi connectivity index (χ2n) is 8.39. The third-order valence-electron chi connectivity index (χ3n) is 5.71. The van der Waals surface area contributed by atoms with Crippen LogP contribution in [0.2, 0.25) is 5.02 Å². The van der Waals surface area contributed by atoms with Crippen LogP contribution in [-0.4, -0.2) is 44.3 Å². The second-order valence-corrected chi connectivity index (χ2v) is 10.7. The van der Waals surface area contributed by atoms with Crippen molar-refractivity contribution < 1.29 is 22.4 Å². The molecule has 10 heteroatoms. The molecule has 0 saturated carbocycles. The van der Waals surface area contributed by atoms with Crippen LogP contribution >= 0.6 is 11.6 Å². The van der Waals surface area contributed by atoms with Crippen LogP contribution in [0, 0.1) is 5.82 Å². The molecule has 7 nitrogen and oxygen atoms in total. The van der Waals surface area contributed by atoms with Gasteiger partial charge in [-0.05, 0) is 55.3 Å². The number of benzene rings is 3. The summed E-state index contributed by atoms with van der Waals surface area (Å²) in [5, 5.41) is 3.28. The Morgan fingerprint density at radius 3 is 2.22 bits per heavy atom. The highest BCUT2D eigenvalue weighted by atomic mass is 35.5. The Hall–Kier alpha value is -3.43. The fourth-order valence-corrected chi connectivity index (χ4v) is 5.22. The minimum atomic E-state index is -4.32. The first-order valence-corrected chi connectivity index (χ1v) is 13.6. The Balaban J connectivity index is 2.01. The molecule has 3 aromatic rings. The molecule has 0 bridgehead atoms. The van der Waals surface area contributed by atoms with Crippen molar-refractivity contribution in [1.29, 1.82) is 0 Å². The number of hydrogen-bond acceptors (Lipinski definition) is 4. The third-order valence-corrected chi connectivity index (χ3v) is 7.74. The molecular weight excluding hydrogens is 517 g/mol. The first-order chi connectivity index (χ1) is 17.6. The number of nitrogens with one attached hydrogen (secondary N) is 1. The maximum atomic E-state index is 14.8. The molecule has 0 radical (unpaired) electrons. The largest absolute Gasteiger partial charge is 0.354 e. The van der Waals surface area contributed by atoms with Crippen molar-refractivity contribution in [3.8, 4) is 0 Å². The minimum Gasteiger partial charge on any atom is -0.354 e. The van der Waals surface area contributed by atoms with E-state index in [0.717, 1.165) is 10.4 Å². The topological polar surface area (TPSA) is 86.8 Å². The van der Waals surface area contributed by atoms with E-state index in [0.29, 0.717) is 23.6 Å². The maximum Gasteiger partial charge on any atom is 0.264 e. The van der Waals surface area contributed by atoms with E-state index in [9.17, 15) is 22.4 Å². The van der Waals surface area contributed by atoms with Gasteiger partial charge in [-0.3, -0.25) is 13.9 Å². The van der Waals surface area contributed by atoms with Crippen LogP contribution in [0.1, 0.15) is 25.8 Å². The Labute approximate surface area is 221 Å². The molecule has 2 amide bonds. The summed E-state index contributed by atoms with van der Waals surface area (Å²) in [7, 11) is -4.32. The summed E-state index contributed by atoms with van der Waals surface area (Å²) in [5.41, 5.74) is 0.422. The van der Waals surface area contributed by atoms with E-state index in [1.807, 2.05) is 6.92 Å². The number of halogens is 2. The molecule has 0 fully saturated rings. The first kappa shape index (κ1) is 28.1. The number of carbonyl (C=O) groups excluding carboxylic acids is 2. The van der Waals surface area contributed by atoms with Crippen LogP contribution in [0.3, 0.4) is 0 Å². The maximum absolute atomic E-state index is 14.8. The van der Waals surface area contributed by atoms with Gasteiger partial charge in [0.25, 0.3) is 10.0 Å². The zero-order valence-electron chi connectivity index (χ0n) is 20.6. The lowest BCUT2D eigenvalue weighted by Crippen LogP contribution is -2.51. The number of carbonyl (C=O) groups is 2. The summed E-state index contributed by atoms with van der Waals surface area (Å²) in [6.07, 6.45) is 0.708. The van der Waals surface area contributed by atoms with Crippen LogP contribution in [0.15, 0.2) is 83.8 Å². The minimum absolute atomic E-state index is 0.0210. The van der Waals surface area contributed by atoms with E-state index < -0.39 is 34.3 Å². The summed E-state index contributed by atoms with van der Waals surface area (Å²) in [5.74, 6) is -1.85. The van der Waals surface area contributed by atoms with Crippen LogP contribution in [0.5, 0.6) is 0 Å². The number of sulfonamides is 1. The van der Waals surface area contributed by atoms with E-state index in [-0.39, 0.29) is 23.0 Å². The van der Waals surface area contributed by atoms with E-state index in [2.05, 4.69) is 5.32 Å². The summed E-state index contributed by atoms with van der Waals surface area (Å²) in [6, 6.07) is 18.7. The highest BCUT2D eigenvalue weighted by Crippen LogP contribution is 2.27. The Morgan fingerprint density at radius 2 is 1.59 bits per heavy atom. The molecule has 1 atom stereocenters. The normalized spacial score (nSPS) is 12.0. The summed E-state index contributed by atoms with van der Waals surface area (Å²) < 4.78 is 42.7. The van der Waals surface area contributed by atoms with Gasteiger partial charge >= 0.3 is 0 Å². The quantitative estimate of drug-likeness (QED) is 0.381. The van der Waals surface area contributed by atoms with E-state index in [4.69, 9.17) is 11.6 Å². The highest BCUT2D eigenvalue weighted by Gasteiger charge is 2.33. The highest BCUT2D eigenvalue weighted by molar-refractivity contribution is 7.92. The van der Waals surface area contributed by atoms with Gasteiger partial charge in [0.2, 0.25) is 11.8 Å². The van der Waals surface area contributed by atoms with Gasteiger partial charge in [0.15, 0.2) is 0 Å². The zero-order chi connectivity index (χ0) is 27.0. The number of nitrogens with zero attached hydrogens (tertiary/aromatic N) is 2. The van der Waals surface area contributed by atoms with Crippen molar-refractivity contribution >= 4 is 39.1 Å². The van der Waals surface area contributed by atoms with Gasteiger partial charge < -0.3 is 10.2 Å². The molecule has 0 unspecified atom stereocenters. The molecule has 0 aliphatic rings. The Kier molecular flexibility index (Phi) is 9.66. The lowest BCUT2D eigenvalue weighted by molar-refractivity contribution is -0.139. The van der Waals surface area contributed by atoms with Crippen molar-refractivity contribution in [3.63, 3.8) is 0 Å². The van der Waals surface area contributed by atoms with Crippen molar-refractivity contribution in [2.45, 2.75) is 37.8 Å². The average molecular weight is 546 g/mol. The standard InChI is InChI=1S/C27H29ClFN3O4S/c1-3-17-30-27(34)20(2)31(18-21-13-15-22(28)16-14-21)26(33)19-32(25-12-8-7-11-24(25)29)37(35,36)23-9-5-4-6-10-23/h4-16,20H,3,17-19H2,1-2H3,(H,30,34)/t20-/m1/s1. The van der Waals surface area contributed by atoms with Crippen molar-refractivity contribution in [1.82, 2.24) is 10.2 Å². The predicted octanol–water partition coefficient (Wildman–Crippen LogP) is 4.62. The molecule has 0 spiro atoms. The molecular formula is C27H29ClFN3O4S. The molecule has 0 heterocycles. The SMILES string of the molecule is CCCNC(=O)[C@@H](C)N(Cc1ccc(Cl)cc1)C(=O)CN(c1ccccc1F)S(=O)(=O)c1ccccc1. The fourth-order valence-electron chi connectivity index (χ4n) is 3.65. The van der Waals surface area contributed by atoms with Gasteiger partial charge in [-0.2, -0.15) is 0 Å². The second kappa shape index (κ2) is 12.7. The van der Waals surface area contributed by atoms with Gasteiger partial charge in [0, 0.05) is 18.1 Å². The van der Waals surface area contributed by atoms with Crippen LogP contribution in [-0.2, 0) is 26.2 Å². The molecule has 3 aromatic carbocycles. The molecule has 0 saturated heterocycles. The molecule has 0 aliphatic carbocycles. The van der Waals surface area contributed by atoms with E-state index in [1.54, 1.807) is 49.4 Å². The molecule has 37 heavy (non-hydrogen) atoms. The van der Waals surface area contributed by atoms with Gasteiger partial charge in [0.1, 0.15) is 18.4 Å². The van der Waals surface area contributed by atoms with Crippen LogP contribution < -0.4 is 9.62 Å². The van der Waals surface area contributed by atoms with Crippen LogP contribution in [0.4, 0.5) is 10.1 Å². The lowest BCUT2D eigenvalue weighted by Gasteiger charge is -2.32. The number of amides is 2. The number of para-hydroxylation sites is 1. The molecule has 196 valence electrons. The van der Waals surface area contributed by atoms with E-state index >= 15 is 0 Å². The summed E-state index contributed by atoms with van der Waals surface area (Å²) >= 11 is 5.99. The van der Waals surface area contributed by atoms with Gasteiger partial charge in [-0.15, -0.1) is 0 Å². The van der Waals surface area contributed by atoms with Gasteiger partial charge in [0.05, 0.1) is 10.6 Å². The predicted molar refractivity (Wildman–Crippen MR) is 142 cm³/mol. The first-order valence-electron chi connectivity index (χ1n) is 11.8. The molecule has 0 aromatic heterocycles. The number of anilines is 1. The number of hydrogen-bond donors (Lipinski definition) is 1. The van der Waals surface area contributed by atoms with Crippen molar-refractivity contribution in [2.75, 3.05) is 17.4 Å². The molecule has 0 aliphatic heterocycles. The van der Waals surface area contributed by atoms with Gasteiger partial charge in [-0.25, -0.2) is 12.8 Å². The fraction of sp³-hybridized carbons (Fsp3) is 0.259. The lowest BCUT2D eigenvalue weighted by atomic mass is 10.1. The zero-order valence-corrected chi connectivity index (χ0v) is 22.2. The Bertz CT molecular complexity index is 1320. The molecule has 1 N–H and O–H groups in total. The van der Waals surface area contributed by atoms with Crippen LogP contribution in [0.25, 0.3) is 0 Å². The monoisotopic (exact) mass is 545 g/mol. The van der Waals surface area contributed by atoms with E-state index in [1.165, 1.54) is 35.2 Å². The average Bonchev–Trinajstić information content (AvgIpc) is 2.90. The number of rotatable bonds is 11. The summed E-state index contributed by atoms with van der Waals surface area (Å²) in [4.78, 5) is 27.7.